The molecule has 0 aliphatic carbocycles. The van der Waals surface area contributed by atoms with E-state index < -0.39 is 16.1 Å². The van der Waals surface area contributed by atoms with E-state index in [-0.39, 0.29) is 29.0 Å². The zero-order valence-electron chi connectivity index (χ0n) is 22.2. The summed E-state index contributed by atoms with van der Waals surface area (Å²) in [6, 6.07) is 12.8. The van der Waals surface area contributed by atoms with Gasteiger partial charge < -0.3 is 22.1 Å². The monoisotopic (exact) mass is 553 g/mol. The van der Waals surface area contributed by atoms with Crippen molar-refractivity contribution in [3.63, 3.8) is 0 Å². The Balaban J connectivity index is 1.57. The van der Waals surface area contributed by atoms with Gasteiger partial charge in [-0.25, -0.2) is 8.42 Å². The molecule has 0 aromatic heterocycles. The van der Waals surface area contributed by atoms with Crippen LogP contribution in [0.5, 0.6) is 0 Å². The topological polar surface area (TPSA) is 181 Å². The van der Waals surface area contributed by atoms with Gasteiger partial charge in [-0.1, -0.05) is 30.3 Å². The molecule has 2 unspecified atom stereocenters. The largest absolute Gasteiger partial charge is 0.387 e. The SMILES string of the molecule is N=C(N)c1cccc(CC(NS(=O)(=O)c2cccc(C3CCC(N)=NC3)c2)C(=O)N2CCC(CCN)CC2)c1. The highest BCUT2D eigenvalue weighted by Gasteiger charge is 2.32. The van der Waals surface area contributed by atoms with Crippen molar-refractivity contribution in [2.75, 3.05) is 26.2 Å². The van der Waals surface area contributed by atoms with Crippen LogP contribution in [0, 0.1) is 11.3 Å². The summed E-state index contributed by atoms with van der Waals surface area (Å²) in [5.41, 5.74) is 19.3. The number of nitrogens with zero attached hydrogens (tertiary/aromatic N) is 2. The fraction of sp³-hybridized carbons (Fsp3) is 0.464. The van der Waals surface area contributed by atoms with E-state index in [1.54, 1.807) is 41.3 Å². The van der Waals surface area contributed by atoms with Crippen LogP contribution in [-0.2, 0) is 21.2 Å². The zero-order valence-corrected chi connectivity index (χ0v) is 23.0. The molecule has 4 rings (SSSR count). The number of sulfonamides is 1. The van der Waals surface area contributed by atoms with E-state index in [2.05, 4.69) is 9.71 Å². The minimum atomic E-state index is -4.02. The summed E-state index contributed by atoms with van der Waals surface area (Å²) in [5.74, 6) is 0.843. The van der Waals surface area contributed by atoms with Gasteiger partial charge in [0.1, 0.15) is 11.9 Å². The van der Waals surface area contributed by atoms with Gasteiger partial charge in [-0.3, -0.25) is 15.2 Å². The van der Waals surface area contributed by atoms with Crippen LogP contribution in [0.4, 0.5) is 0 Å². The number of rotatable bonds is 10. The van der Waals surface area contributed by atoms with Crippen molar-refractivity contribution >= 4 is 27.6 Å². The van der Waals surface area contributed by atoms with E-state index in [1.165, 1.54) is 0 Å². The normalized spacial score (nSPS) is 19.4. The minimum Gasteiger partial charge on any atom is -0.387 e. The van der Waals surface area contributed by atoms with Gasteiger partial charge in [-0.05, 0) is 73.9 Å². The standard InChI is InChI=1S/C28H39N7O3S/c29-12-9-19-10-13-35(14-11-19)28(36)25(16-20-3-1-5-22(15-20)27(31)32)34-39(37,38)24-6-2-4-21(17-24)23-7-8-26(30)33-18-23/h1-6,15,17,19,23,25,34H,7-14,16,18,29H2,(H2,30,33)(H3,31,32). The minimum absolute atomic E-state index is 0.0899. The number of nitrogens with two attached hydrogens (primary N) is 3. The first-order valence-corrected chi connectivity index (χ1v) is 15.0. The number of amides is 1. The van der Waals surface area contributed by atoms with Gasteiger partial charge in [-0.2, -0.15) is 4.72 Å². The lowest BCUT2D eigenvalue weighted by Crippen LogP contribution is -2.51. The number of amidine groups is 2. The molecule has 0 bridgehead atoms. The van der Waals surface area contributed by atoms with Gasteiger partial charge in [0, 0.05) is 37.5 Å². The van der Waals surface area contributed by atoms with E-state index in [1.807, 2.05) is 12.1 Å². The molecule has 210 valence electrons. The summed E-state index contributed by atoms with van der Waals surface area (Å²) in [6.07, 6.45) is 4.23. The van der Waals surface area contributed by atoms with Crippen LogP contribution in [0.15, 0.2) is 58.4 Å². The summed E-state index contributed by atoms with van der Waals surface area (Å²) in [6.45, 7) is 2.27. The number of hydrogen-bond donors (Lipinski definition) is 5. The van der Waals surface area contributed by atoms with Gasteiger partial charge in [0.05, 0.1) is 10.7 Å². The Morgan fingerprint density at radius 1 is 1.13 bits per heavy atom. The number of piperidine rings is 1. The molecular formula is C28H39N7O3S. The molecular weight excluding hydrogens is 514 g/mol. The van der Waals surface area contributed by atoms with E-state index in [4.69, 9.17) is 22.6 Å². The molecule has 1 fully saturated rings. The van der Waals surface area contributed by atoms with E-state index in [9.17, 15) is 13.2 Å². The van der Waals surface area contributed by atoms with Crippen LogP contribution in [0.1, 0.15) is 54.7 Å². The molecule has 39 heavy (non-hydrogen) atoms. The molecule has 2 aromatic rings. The Kier molecular flexibility index (Phi) is 9.36. The summed E-state index contributed by atoms with van der Waals surface area (Å²) >= 11 is 0. The number of nitrogens with one attached hydrogen (secondary N) is 2. The summed E-state index contributed by atoms with van der Waals surface area (Å²) in [7, 11) is -4.02. The maximum absolute atomic E-state index is 13.7. The van der Waals surface area contributed by atoms with Crippen molar-refractivity contribution < 1.29 is 13.2 Å². The van der Waals surface area contributed by atoms with Gasteiger partial charge in [0.2, 0.25) is 15.9 Å². The van der Waals surface area contributed by atoms with Crippen molar-refractivity contribution in [2.45, 2.75) is 55.4 Å². The van der Waals surface area contributed by atoms with Crippen molar-refractivity contribution in [1.29, 1.82) is 5.41 Å². The van der Waals surface area contributed by atoms with Crippen molar-refractivity contribution in [3.8, 4) is 0 Å². The fourth-order valence-electron chi connectivity index (χ4n) is 5.36. The van der Waals surface area contributed by atoms with Crippen LogP contribution < -0.4 is 21.9 Å². The third kappa shape index (κ3) is 7.43. The molecule has 1 saturated heterocycles. The number of carbonyl (C=O) groups is 1. The highest BCUT2D eigenvalue weighted by Crippen LogP contribution is 2.27. The highest BCUT2D eigenvalue weighted by molar-refractivity contribution is 7.89. The molecule has 2 aromatic carbocycles. The Hall–Kier alpha value is -3.28. The Morgan fingerprint density at radius 3 is 2.54 bits per heavy atom. The number of carbonyl (C=O) groups excluding carboxylic acids is 1. The molecule has 10 nitrogen and oxygen atoms in total. The average Bonchev–Trinajstić information content (AvgIpc) is 2.93. The second-order valence-corrected chi connectivity index (χ2v) is 12.2. The molecule has 8 N–H and O–H groups in total. The lowest BCUT2D eigenvalue weighted by Gasteiger charge is -2.34. The third-order valence-electron chi connectivity index (χ3n) is 7.68. The molecule has 0 spiro atoms. The maximum Gasteiger partial charge on any atom is 0.241 e. The Labute approximate surface area is 230 Å². The number of benzene rings is 2. The van der Waals surface area contributed by atoms with Crippen LogP contribution in [0.2, 0.25) is 0 Å². The van der Waals surface area contributed by atoms with Crippen LogP contribution >= 0.6 is 0 Å². The Morgan fingerprint density at radius 2 is 1.87 bits per heavy atom. The summed E-state index contributed by atoms with van der Waals surface area (Å²) in [5, 5.41) is 7.75. The fourth-order valence-corrected chi connectivity index (χ4v) is 6.61. The first kappa shape index (κ1) is 28.7. The van der Waals surface area contributed by atoms with Crippen molar-refractivity contribution in [1.82, 2.24) is 9.62 Å². The van der Waals surface area contributed by atoms with Gasteiger partial charge in [0.15, 0.2) is 0 Å². The van der Waals surface area contributed by atoms with Crippen molar-refractivity contribution in [3.05, 3.63) is 65.2 Å². The molecule has 2 aliphatic heterocycles. The second kappa shape index (κ2) is 12.7. The number of hydrogen-bond acceptors (Lipinski definition) is 7. The lowest BCUT2D eigenvalue weighted by molar-refractivity contribution is -0.134. The highest BCUT2D eigenvalue weighted by atomic mass is 32.2. The summed E-state index contributed by atoms with van der Waals surface area (Å²) < 4.78 is 30.0. The van der Waals surface area contributed by atoms with E-state index in [0.717, 1.165) is 31.2 Å². The molecule has 0 radical (unpaired) electrons. The maximum atomic E-state index is 13.7. The second-order valence-electron chi connectivity index (χ2n) is 10.5. The average molecular weight is 554 g/mol. The molecule has 2 atom stereocenters. The molecule has 2 heterocycles. The van der Waals surface area contributed by atoms with Gasteiger partial charge in [-0.15, -0.1) is 0 Å². The zero-order chi connectivity index (χ0) is 28.0. The smallest absolute Gasteiger partial charge is 0.241 e. The summed E-state index contributed by atoms with van der Waals surface area (Å²) in [4.78, 5) is 19.9. The van der Waals surface area contributed by atoms with E-state index >= 15 is 0 Å². The molecule has 1 amide bonds. The first-order chi connectivity index (χ1) is 18.7. The lowest BCUT2D eigenvalue weighted by atomic mass is 9.92. The van der Waals surface area contributed by atoms with Crippen LogP contribution in [-0.4, -0.2) is 63.1 Å². The third-order valence-corrected chi connectivity index (χ3v) is 9.15. The van der Waals surface area contributed by atoms with Gasteiger partial charge in [0.25, 0.3) is 0 Å². The number of aliphatic imine (C=N–C) groups is 1. The van der Waals surface area contributed by atoms with E-state index in [0.29, 0.717) is 55.5 Å². The quantitative estimate of drug-likeness (QED) is 0.220. The number of likely N-dealkylation sites (tertiary alicyclic amines) is 1. The Bertz CT molecular complexity index is 1320. The molecule has 11 heteroatoms. The van der Waals surface area contributed by atoms with Crippen LogP contribution in [0.3, 0.4) is 0 Å². The predicted octanol–water partition coefficient (Wildman–Crippen LogP) is 1.68. The molecule has 0 saturated carbocycles. The van der Waals surface area contributed by atoms with Crippen LogP contribution in [0.25, 0.3) is 0 Å². The predicted molar refractivity (Wildman–Crippen MR) is 153 cm³/mol. The van der Waals surface area contributed by atoms with Gasteiger partial charge >= 0.3 is 0 Å². The van der Waals surface area contributed by atoms with Crippen molar-refractivity contribution in [2.24, 2.45) is 28.1 Å². The first-order valence-electron chi connectivity index (χ1n) is 13.5. The number of nitrogen functional groups attached to an aromatic ring is 1. The molecule has 2 aliphatic rings.